The second-order valence-electron chi connectivity index (χ2n) is 4.06. The molecule has 2 heterocycles. The molecule has 1 aliphatic heterocycles. The third-order valence-electron chi connectivity index (χ3n) is 2.96. The Bertz CT molecular complexity index is 627. The molecule has 3 rings (SSSR count). The molecule has 1 aliphatic rings. The van der Waals surface area contributed by atoms with Crippen molar-refractivity contribution in [2.75, 3.05) is 6.79 Å². The molecular formula is C12H10N2O4S. The summed E-state index contributed by atoms with van der Waals surface area (Å²) >= 11 is 1.50. The molecule has 1 aromatic carbocycles. The normalized spacial score (nSPS) is 14.4. The van der Waals surface area contributed by atoms with E-state index in [-0.39, 0.29) is 12.5 Å². The fourth-order valence-electron chi connectivity index (χ4n) is 1.99. The molecule has 0 amide bonds. The molecule has 98 valence electrons. The van der Waals surface area contributed by atoms with E-state index in [1.807, 2.05) is 16.8 Å². The first kappa shape index (κ1) is 11.9. The van der Waals surface area contributed by atoms with Crippen LogP contribution in [-0.2, 0) is 0 Å². The Balaban J connectivity index is 2.11. The first-order valence-electron chi connectivity index (χ1n) is 5.52. The van der Waals surface area contributed by atoms with E-state index in [0.717, 1.165) is 5.56 Å². The van der Waals surface area contributed by atoms with Crippen LogP contribution in [0, 0.1) is 10.1 Å². The van der Waals surface area contributed by atoms with Crippen LogP contribution in [0.1, 0.15) is 17.2 Å². The van der Waals surface area contributed by atoms with Gasteiger partial charge in [-0.2, -0.15) is 11.3 Å². The van der Waals surface area contributed by atoms with Crippen LogP contribution in [0.25, 0.3) is 0 Å². The molecule has 7 heteroatoms. The number of hydrogen-bond acceptors (Lipinski definition) is 6. The smallest absolute Gasteiger partial charge is 0.278 e. The van der Waals surface area contributed by atoms with Crippen molar-refractivity contribution in [2.45, 2.75) is 6.04 Å². The van der Waals surface area contributed by atoms with E-state index in [2.05, 4.69) is 0 Å². The molecular weight excluding hydrogens is 268 g/mol. The van der Waals surface area contributed by atoms with Gasteiger partial charge in [0.05, 0.1) is 22.6 Å². The fourth-order valence-corrected chi connectivity index (χ4v) is 2.68. The van der Waals surface area contributed by atoms with Crippen LogP contribution in [0.4, 0.5) is 5.69 Å². The molecule has 1 atom stereocenters. The number of rotatable bonds is 3. The van der Waals surface area contributed by atoms with E-state index < -0.39 is 11.0 Å². The van der Waals surface area contributed by atoms with Gasteiger partial charge in [0.1, 0.15) is 0 Å². The van der Waals surface area contributed by atoms with Crippen LogP contribution < -0.4 is 15.2 Å². The molecule has 2 aromatic rings. The van der Waals surface area contributed by atoms with Gasteiger partial charge in [-0.05, 0) is 28.5 Å². The quantitative estimate of drug-likeness (QED) is 0.688. The van der Waals surface area contributed by atoms with Crippen LogP contribution >= 0.6 is 11.3 Å². The van der Waals surface area contributed by atoms with E-state index in [9.17, 15) is 10.1 Å². The lowest BCUT2D eigenvalue weighted by Crippen LogP contribution is -2.13. The minimum Gasteiger partial charge on any atom is -0.454 e. The summed E-state index contributed by atoms with van der Waals surface area (Å²) < 4.78 is 10.4. The lowest BCUT2D eigenvalue weighted by Gasteiger charge is -2.11. The molecule has 0 radical (unpaired) electrons. The highest BCUT2D eigenvalue weighted by Gasteiger charge is 2.27. The molecule has 0 bridgehead atoms. The Hall–Kier alpha value is -2.12. The highest BCUT2D eigenvalue weighted by atomic mass is 32.1. The summed E-state index contributed by atoms with van der Waals surface area (Å²) in [5.41, 5.74) is 7.31. The van der Waals surface area contributed by atoms with Crippen LogP contribution in [0.5, 0.6) is 11.5 Å². The van der Waals surface area contributed by atoms with Crippen LogP contribution in [-0.4, -0.2) is 11.7 Å². The number of thiophene rings is 1. The van der Waals surface area contributed by atoms with Gasteiger partial charge in [-0.3, -0.25) is 10.1 Å². The topological polar surface area (TPSA) is 87.6 Å². The molecule has 2 N–H and O–H groups in total. The Morgan fingerprint density at radius 2 is 2.11 bits per heavy atom. The van der Waals surface area contributed by atoms with Gasteiger partial charge in [0.2, 0.25) is 6.79 Å². The van der Waals surface area contributed by atoms with Gasteiger partial charge in [-0.25, -0.2) is 0 Å². The number of ether oxygens (including phenoxy) is 2. The number of nitro groups is 1. The van der Waals surface area contributed by atoms with Gasteiger partial charge >= 0.3 is 0 Å². The van der Waals surface area contributed by atoms with Gasteiger partial charge in [0.15, 0.2) is 11.5 Å². The summed E-state index contributed by atoms with van der Waals surface area (Å²) in [6.07, 6.45) is 0. The minimum atomic E-state index is -0.554. The molecule has 19 heavy (non-hydrogen) atoms. The van der Waals surface area contributed by atoms with Gasteiger partial charge in [-0.15, -0.1) is 0 Å². The second-order valence-corrected chi connectivity index (χ2v) is 4.84. The molecule has 0 aliphatic carbocycles. The van der Waals surface area contributed by atoms with Crippen LogP contribution in [0.2, 0.25) is 0 Å². The second kappa shape index (κ2) is 4.52. The fraction of sp³-hybridized carbons (Fsp3) is 0.167. The summed E-state index contributed by atoms with van der Waals surface area (Å²) in [7, 11) is 0. The van der Waals surface area contributed by atoms with Crippen LogP contribution in [0.15, 0.2) is 29.0 Å². The van der Waals surface area contributed by atoms with Crippen molar-refractivity contribution in [3.05, 3.63) is 50.2 Å². The maximum Gasteiger partial charge on any atom is 0.278 e. The zero-order valence-corrected chi connectivity index (χ0v) is 10.6. The standard InChI is InChI=1S/C12H10N2O4S/c13-12(7-1-2-19-5-7)8-3-10-11(18-6-17-10)4-9(8)14(15)16/h1-5,12H,6,13H2/t12-/m1/s1. The maximum atomic E-state index is 11.2. The molecule has 0 saturated heterocycles. The monoisotopic (exact) mass is 278 g/mol. The van der Waals surface area contributed by atoms with E-state index in [1.54, 1.807) is 6.07 Å². The third kappa shape index (κ3) is 2.02. The largest absolute Gasteiger partial charge is 0.454 e. The van der Waals surface area contributed by atoms with Crippen molar-refractivity contribution < 1.29 is 14.4 Å². The number of nitro benzene ring substituents is 1. The van der Waals surface area contributed by atoms with E-state index >= 15 is 0 Å². The molecule has 1 aromatic heterocycles. The van der Waals surface area contributed by atoms with Gasteiger partial charge in [0, 0.05) is 0 Å². The predicted octanol–water partition coefficient (Wildman–Crippen LogP) is 2.43. The molecule has 0 unspecified atom stereocenters. The first-order chi connectivity index (χ1) is 9.16. The summed E-state index contributed by atoms with van der Waals surface area (Å²) in [5, 5.41) is 14.9. The van der Waals surface area contributed by atoms with Gasteiger partial charge in [-0.1, -0.05) is 0 Å². The number of nitrogens with zero attached hydrogens (tertiary/aromatic N) is 1. The summed E-state index contributed by atoms with van der Waals surface area (Å²) in [5.74, 6) is 0.874. The van der Waals surface area contributed by atoms with Crippen molar-refractivity contribution in [3.63, 3.8) is 0 Å². The number of hydrogen-bond donors (Lipinski definition) is 1. The van der Waals surface area contributed by atoms with Crippen LogP contribution in [0.3, 0.4) is 0 Å². The maximum absolute atomic E-state index is 11.2. The van der Waals surface area contributed by atoms with Crippen molar-refractivity contribution in [1.82, 2.24) is 0 Å². The van der Waals surface area contributed by atoms with Crippen molar-refractivity contribution in [3.8, 4) is 11.5 Å². The van der Waals surface area contributed by atoms with Crippen molar-refractivity contribution in [1.29, 1.82) is 0 Å². The summed E-state index contributed by atoms with van der Waals surface area (Å²) in [6.45, 7) is 0.0730. The Kier molecular flexibility index (Phi) is 2.84. The van der Waals surface area contributed by atoms with E-state index in [4.69, 9.17) is 15.2 Å². The zero-order valence-electron chi connectivity index (χ0n) is 9.74. The molecule has 0 spiro atoms. The van der Waals surface area contributed by atoms with Crippen molar-refractivity contribution >= 4 is 17.0 Å². The highest BCUT2D eigenvalue weighted by molar-refractivity contribution is 7.08. The lowest BCUT2D eigenvalue weighted by atomic mass is 10.00. The summed E-state index contributed by atoms with van der Waals surface area (Å²) in [4.78, 5) is 10.7. The zero-order chi connectivity index (χ0) is 13.4. The third-order valence-corrected chi connectivity index (χ3v) is 3.66. The molecule has 0 saturated carbocycles. The Morgan fingerprint density at radius 3 is 2.74 bits per heavy atom. The highest BCUT2D eigenvalue weighted by Crippen LogP contribution is 2.41. The minimum absolute atomic E-state index is 0.0528. The number of benzene rings is 1. The molecule has 6 nitrogen and oxygen atoms in total. The van der Waals surface area contributed by atoms with E-state index in [0.29, 0.717) is 17.1 Å². The first-order valence-corrected chi connectivity index (χ1v) is 6.46. The van der Waals surface area contributed by atoms with Gasteiger partial charge in [0.25, 0.3) is 5.69 Å². The SMILES string of the molecule is N[C@H](c1ccsc1)c1cc2c(cc1[N+](=O)[O-])OCO2. The number of nitrogens with two attached hydrogens (primary N) is 1. The average molecular weight is 278 g/mol. The number of fused-ring (bicyclic) bond motifs is 1. The van der Waals surface area contributed by atoms with Gasteiger partial charge < -0.3 is 15.2 Å². The molecule has 0 fully saturated rings. The summed E-state index contributed by atoms with van der Waals surface area (Å²) in [6, 6.07) is 4.25. The Labute approximate surface area is 112 Å². The van der Waals surface area contributed by atoms with Crippen molar-refractivity contribution in [2.24, 2.45) is 5.73 Å². The Morgan fingerprint density at radius 1 is 1.37 bits per heavy atom. The lowest BCUT2D eigenvalue weighted by molar-refractivity contribution is -0.385. The predicted molar refractivity (Wildman–Crippen MR) is 69.6 cm³/mol. The van der Waals surface area contributed by atoms with E-state index in [1.165, 1.54) is 17.4 Å². The average Bonchev–Trinajstić information content (AvgIpc) is 3.06.